The maximum Gasteiger partial charge on any atom is 0.127 e. The van der Waals surface area contributed by atoms with Gasteiger partial charge in [0.15, 0.2) is 0 Å². The minimum absolute atomic E-state index is 0.127. The zero-order chi connectivity index (χ0) is 11.7. The number of hydrogen-bond donors (Lipinski definition) is 0. The van der Waals surface area contributed by atoms with Crippen molar-refractivity contribution >= 4 is 22.6 Å². The molecule has 0 aliphatic heterocycles. The molecule has 1 aromatic heterocycles. The molecule has 16 heavy (non-hydrogen) atoms. The number of benzene rings is 1. The van der Waals surface area contributed by atoms with E-state index in [1.165, 1.54) is 0 Å². The predicted octanol–water partition coefficient (Wildman–Crippen LogP) is 3.23. The van der Waals surface area contributed by atoms with Crippen molar-refractivity contribution in [1.29, 1.82) is 5.26 Å². The predicted molar refractivity (Wildman–Crippen MR) is 64.4 cm³/mol. The smallest absolute Gasteiger partial charge is 0.127 e. The van der Waals surface area contributed by atoms with Gasteiger partial charge >= 0.3 is 0 Å². The Bertz CT molecular complexity index is 563. The third kappa shape index (κ3) is 1.66. The lowest BCUT2D eigenvalue weighted by Gasteiger charge is -2.06. The zero-order valence-corrected chi connectivity index (χ0v) is 9.99. The molecule has 0 radical (unpaired) electrons. The largest absolute Gasteiger partial charge is 0.327 e. The molecule has 0 bridgehead atoms. The fourth-order valence-corrected chi connectivity index (χ4v) is 2.01. The van der Waals surface area contributed by atoms with E-state index in [9.17, 15) is 0 Å². The van der Waals surface area contributed by atoms with Crippen molar-refractivity contribution in [1.82, 2.24) is 9.55 Å². The molecule has 0 fully saturated rings. The van der Waals surface area contributed by atoms with Gasteiger partial charge in [0.05, 0.1) is 28.0 Å². The molecule has 1 heterocycles. The average molecular weight is 234 g/mol. The van der Waals surface area contributed by atoms with Crippen LogP contribution in [0.5, 0.6) is 0 Å². The highest BCUT2D eigenvalue weighted by Crippen LogP contribution is 2.25. The van der Waals surface area contributed by atoms with E-state index in [4.69, 9.17) is 16.9 Å². The number of halogens is 1. The van der Waals surface area contributed by atoms with Crippen LogP contribution in [0.3, 0.4) is 0 Å². The molecule has 0 saturated heterocycles. The third-order valence-corrected chi connectivity index (χ3v) is 2.77. The van der Waals surface area contributed by atoms with Crippen molar-refractivity contribution in [2.24, 2.45) is 0 Å². The average Bonchev–Trinajstić information content (AvgIpc) is 2.66. The molecule has 0 N–H and O–H groups in total. The van der Waals surface area contributed by atoms with E-state index < -0.39 is 0 Å². The van der Waals surface area contributed by atoms with Gasteiger partial charge < -0.3 is 4.57 Å². The molecule has 0 aliphatic carbocycles. The van der Waals surface area contributed by atoms with E-state index in [0.717, 1.165) is 23.4 Å². The Morgan fingerprint density at radius 1 is 1.56 bits per heavy atom. The summed E-state index contributed by atoms with van der Waals surface area (Å²) in [7, 11) is 0. The van der Waals surface area contributed by atoms with Crippen LogP contribution < -0.4 is 0 Å². The summed E-state index contributed by atoms with van der Waals surface area (Å²) in [6.07, 6.45) is 0. The van der Waals surface area contributed by atoms with Gasteiger partial charge in [-0.1, -0.05) is 0 Å². The van der Waals surface area contributed by atoms with Crippen molar-refractivity contribution in [2.75, 3.05) is 0 Å². The van der Waals surface area contributed by atoms with Crippen molar-refractivity contribution < 1.29 is 0 Å². The monoisotopic (exact) mass is 233 g/mol. The third-order valence-electron chi connectivity index (χ3n) is 2.58. The van der Waals surface area contributed by atoms with E-state index >= 15 is 0 Å². The first-order chi connectivity index (χ1) is 7.67. The Morgan fingerprint density at radius 3 is 2.88 bits per heavy atom. The van der Waals surface area contributed by atoms with Crippen LogP contribution in [0.2, 0.25) is 0 Å². The summed E-state index contributed by atoms with van der Waals surface area (Å²) < 4.78 is 2.05. The molecule has 0 amide bonds. The molecule has 0 spiro atoms. The number of aromatic nitrogens is 2. The number of fused-ring (bicyclic) bond motifs is 1. The van der Waals surface area contributed by atoms with Gasteiger partial charge in [-0.3, -0.25) is 0 Å². The molecule has 1 atom stereocenters. The van der Waals surface area contributed by atoms with E-state index in [-0.39, 0.29) is 5.38 Å². The fraction of sp³-hybridized carbons (Fsp3) is 0.333. The summed E-state index contributed by atoms with van der Waals surface area (Å²) in [5, 5.41) is 8.74. The van der Waals surface area contributed by atoms with E-state index in [0.29, 0.717) is 5.56 Å². The second-order valence-electron chi connectivity index (χ2n) is 3.65. The second-order valence-corrected chi connectivity index (χ2v) is 4.30. The highest BCUT2D eigenvalue weighted by Gasteiger charge is 2.13. The number of nitriles is 1. The van der Waals surface area contributed by atoms with Crippen molar-refractivity contribution in [3.8, 4) is 6.07 Å². The standard InChI is InChI=1S/C12H12ClN3/c1-3-16-11-6-9(7-14)4-5-10(11)15-12(16)8(2)13/h4-6,8H,3H2,1-2H3. The number of rotatable bonds is 2. The Hall–Kier alpha value is -1.53. The van der Waals surface area contributed by atoms with E-state index in [2.05, 4.69) is 11.1 Å². The minimum Gasteiger partial charge on any atom is -0.327 e. The molecule has 0 aliphatic rings. The molecule has 0 saturated carbocycles. The first kappa shape index (κ1) is 11.0. The molecule has 4 heteroatoms. The summed E-state index contributed by atoms with van der Waals surface area (Å²) in [5.41, 5.74) is 2.52. The highest BCUT2D eigenvalue weighted by atomic mass is 35.5. The van der Waals surface area contributed by atoms with Crippen molar-refractivity contribution in [3.05, 3.63) is 29.6 Å². The van der Waals surface area contributed by atoms with Gasteiger partial charge in [-0.05, 0) is 32.0 Å². The zero-order valence-electron chi connectivity index (χ0n) is 9.24. The van der Waals surface area contributed by atoms with Crippen molar-refractivity contribution in [3.63, 3.8) is 0 Å². The molecule has 2 rings (SSSR count). The van der Waals surface area contributed by atoms with Crippen LogP contribution >= 0.6 is 11.6 Å². The van der Waals surface area contributed by atoms with Gasteiger partial charge in [0, 0.05) is 6.54 Å². The summed E-state index contributed by atoms with van der Waals surface area (Å²) in [6.45, 7) is 4.75. The number of aryl methyl sites for hydroxylation is 1. The van der Waals surface area contributed by atoms with Crippen LogP contribution in [0, 0.1) is 11.3 Å². The molecular weight excluding hydrogens is 222 g/mol. The summed E-state index contributed by atoms with van der Waals surface area (Å²) in [4.78, 5) is 4.48. The van der Waals surface area contributed by atoms with Gasteiger partial charge in [-0.2, -0.15) is 5.26 Å². The van der Waals surface area contributed by atoms with Gasteiger partial charge in [0.25, 0.3) is 0 Å². The molecular formula is C12H12ClN3. The first-order valence-electron chi connectivity index (χ1n) is 5.21. The lowest BCUT2D eigenvalue weighted by atomic mass is 10.2. The van der Waals surface area contributed by atoms with Gasteiger partial charge in [0.2, 0.25) is 0 Å². The van der Waals surface area contributed by atoms with E-state index in [1.807, 2.05) is 30.5 Å². The van der Waals surface area contributed by atoms with Crippen LogP contribution in [0.1, 0.15) is 30.6 Å². The van der Waals surface area contributed by atoms with Gasteiger partial charge in [-0.15, -0.1) is 11.6 Å². The molecule has 3 nitrogen and oxygen atoms in total. The minimum atomic E-state index is -0.127. The first-order valence-corrected chi connectivity index (χ1v) is 5.65. The lowest BCUT2D eigenvalue weighted by Crippen LogP contribution is -2.01. The van der Waals surface area contributed by atoms with Crippen LogP contribution in [0.25, 0.3) is 11.0 Å². The highest BCUT2D eigenvalue weighted by molar-refractivity contribution is 6.20. The fourth-order valence-electron chi connectivity index (χ4n) is 1.85. The summed E-state index contributed by atoms with van der Waals surface area (Å²) in [5.74, 6) is 0.856. The van der Waals surface area contributed by atoms with Crippen LogP contribution in [0.4, 0.5) is 0 Å². The number of alkyl halides is 1. The van der Waals surface area contributed by atoms with Crippen molar-refractivity contribution in [2.45, 2.75) is 25.8 Å². The SMILES string of the molecule is CCn1c(C(C)Cl)nc2ccc(C#N)cc21. The maximum atomic E-state index is 8.87. The summed E-state index contributed by atoms with van der Waals surface area (Å²) in [6, 6.07) is 7.63. The molecule has 82 valence electrons. The normalized spacial score (nSPS) is 12.6. The maximum absolute atomic E-state index is 8.87. The Balaban J connectivity index is 2.74. The summed E-state index contributed by atoms with van der Waals surface area (Å²) >= 11 is 6.08. The number of nitrogens with zero attached hydrogens (tertiary/aromatic N) is 3. The van der Waals surface area contributed by atoms with Gasteiger partial charge in [0.1, 0.15) is 5.82 Å². The van der Waals surface area contributed by atoms with E-state index in [1.54, 1.807) is 6.07 Å². The van der Waals surface area contributed by atoms with Crippen LogP contribution in [-0.2, 0) is 6.54 Å². The Morgan fingerprint density at radius 2 is 2.31 bits per heavy atom. The lowest BCUT2D eigenvalue weighted by molar-refractivity contribution is 0.717. The number of hydrogen-bond acceptors (Lipinski definition) is 2. The molecule has 1 aromatic carbocycles. The molecule has 1 unspecified atom stereocenters. The van der Waals surface area contributed by atoms with Crippen LogP contribution in [0.15, 0.2) is 18.2 Å². The number of imidazole rings is 1. The Kier molecular flexibility index (Phi) is 2.84. The quantitative estimate of drug-likeness (QED) is 0.748. The molecule has 2 aromatic rings. The topological polar surface area (TPSA) is 41.6 Å². The van der Waals surface area contributed by atoms with Gasteiger partial charge in [-0.25, -0.2) is 4.98 Å². The Labute approximate surface area is 99.3 Å². The van der Waals surface area contributed by atoms with Crippen LogP contribution in [-0.4, -0.2) is 9.55 Å². The second kappa shape index (κ2) is 4.15.